The summed E-state index contributed by atoms with van der Waals surface area (Å²) in [5.41, 5.74) is 0.892. The first-order chi connectivity index (χ1) is 12.2. The second-order valence-electron chi connectivity index (χ2n) is 7.25. The first-order valence-electron chi connectivity index (χ1n) is 9.28. The predicted octanol–water partition coefficient (Wildman–Crippen LogP) is 2.63. The van der Waals surface area contributed by atoms with Crippen molar-refractivity contribution < 1.29 is 4.79 Å². The Kier molecular flexibility index (Phi) is 4.90. The molecular weight excluding hydrogens is 332 g/mol. The lowest BCUT2D eigenvalue weighted by Crippen LogP contribution is -2.38. The van der Waals surface area contributed by atoms with E-state index in [9.17, 15) is 4.79 Å². The molecule has 1 atom stereocenters. The summed E-state index contributed by atoms with van der Waals surface area (Å²) in [5, 5.41) is 5.08. The number of amides is 1. The van der Waals surface area contributed by atoms with Gasteiger partial charge in [-0.1, -0.05) is 6.07 Å². The Hall–Kier alpha value is -1.66. The van der Waals surface area contributed by atoms with Crippen molar-refractivity contribution in [1.29, 1.82) is 0 Å². The summed E-state index contributed by atoms with van der Waals surface area (Å²) in [7, 11) is 0. The van der Waals surface area contributed by atoms with Gasteiger partial charge in [-0.25, -0.2) is 4.98 Å². The van der Waals surface area contributed by atoms with Crippen LogP contribution < -0.4 is 5.32 Å². The van der Waals surface area contributed by atoms with Gasteiger partial charge in [-0.15, -0.1) is 11.3 Å². The van der Waals surface area contributed by atoms with Crippen LogP contribution in [0.1, 0.15) is 42.2 Å². The molecule has 0 radical (unpaired) electrons. The maximum Gasteiger partial charge on any atom is 0.226 e. The minimum atomic E-state index is 0.0643. The molecule has 0 aromatic carbocycles. The molecule has 1 amide bonds. The molecule has 0 bridgehead atoms. The van der Waals surface area contributed by atoms with Gasteiger partial charge in [-0.2, -0.15) is 0 Å². The molecule has 0 saturated heterocycles. The van der Waals surface area contributed by atoms with Crippen LogP contribution in [0.15, 0.2) is 23.7 Å². The fraction of sp³-hybridized carbons (Fsp3) is 0.579. The zero-order chi connectivity index (χ0) is 17.2. The smallest absolute Gasteiger partial charge is 0.226 e. The largest absolute Gasteiger partial charge is 0.355 e. The number of thiophene rings is 1. The summed E-state index contributed by atoms with van der Waals surface area (Å²) in [6.07, 6.45) is 6.11. The average Bonchev–Trinajstić information content (AvgIpc) is 3.08. The number of carbonyl (C=O) groups is 1. The number of nitrogens with zero attached hydrogens (tertiary/aromatic N) is 3. The minimum absolute atomic E-state index is 0.0643. The third-order valence-corrected chi connectivity index (χ3v) is 6.15. The Morgan fingerprint density at radius 1 is 1.40 bits per heavy atom. The maximum atomic E-state index is 12.2. The van der Waals surface area contributed by atoms with Gasteiger partial charge in [0.05, 0.1) is 18.2 Å². The van der Waals surface area contributed by atoms with Crippen molar-refractivity contribution in [2.24, 2.45) is 5.92 Å². The van der Waals surface area contributed by atoms with Crippen LogP contribution in [0.2, 0.25) is 0 Å². The minimum Gasteiger partial charge on any atom is -0.355 e. The normalized spacial score (nSPS) is 20.4. The number of nitrogens with one attached hydrogen (secondary N) is 1. The lowest BCUT2D eigenvalue weighted by molar-refractivity contribution is -0.120. The van der Waals surface area contributed by atoms with Gasteiger partial charge < -0.3 is 9.88 Å². The van der Waals surface area contributed by atoms with Crippen molar-refractivity contribution in [3.63, 3.8) is 0 Å². The van der Waals surface area contributed by atoms with E-state index in [0.29, 0.717) is 19.0 Å². The number of carbonyl (C=O) groups excluding carboxylic acids is 1. The Labute approximate surface area is 153 Å². The van der Waals surface area contributed by atoms with Crippen molar-refractivity contribution in [3.05, 3.63) is 40.1 Å². The van der Waals surface area contributed by atoms with Crippen LogP contribution in [0.4, 0.5) is 0 Å². The number of aromatic nitrogens is 2. The molecule has 1 aliphatic heterocycles. The van der Waals surface area contributed by atoms with Gasteiger partial charge in [0.1, 0.15) is 5.82 Å². The third-order valence-electron chi connectivity index (χ3n) is 5.21. The molecule has 0 unspecified atom stereocenters. The molecule has 2 aliphatic rings. The molecule has 2 aromatic heterocycles. The molecule has 2 aromatic rings. The first kappa shape index (κ1) is 16.8. The van der Waals surface area contributed by atoms with Crippen LogP contribution in [0.25, 0.3) is 0 Å². The van der Waals surface area contributed by atoms with E-state index >= 15 is 0 Å². The lowest BCUT2D eigenvalue weighted by Gasteiger charge is -2.33. The zero-order valence-corrected chi connectivity index (χ0v) is 15.6. The number of fused-ring (bicyclic) bond motifs is 1. The molecule has 1 N–H and O–H groups in total. The van der Waals surface area contributed by atoms with Crippen molar-refractivity contribution in [1.82, 2.24) is 19.8 Å². The van der Waals surface area contributed by atoms with Crippen LogP contribution >= 0.6 is 11.3 Å². The fourth-order valence-electron chi connectivity index (χ4n) is 3.57. The van der Waals surface area contributed by atoms with E-state index in [-0.39, 0.29) is 5.91 Å². The number of hydrogen-bond donors (Lipinski definition) is 1. The van der Waals surface area contributed by atoms with Gasteiger partial charge in [-0.3, -0.25) is 9.69 Å². The second-order valence-corrected chi connectivity index (χ2v) is 8.29. The lowest BCUT2D eigenvalue weighted by atomic mass is 10.2. The van der Waals surface area contributed by atoms with Crippen LogP contribution in [0.3, 0.4) is 0 Å². The number of imidazole rings is 1. The summed E-state index contributed by atoms with van der Waals surface area (Å²) in [5.74, 6) is 2.08. The molecular formula is C19H26N4OS. The molecule has 1 fully saturated rings. The monoisotopic (exact) mass is 358 g/mol. The highest BCUT2D eigenvalue weighted by Crippen LogP contribution is 2.33. The van der Waals surface area contributed by atoms with Crippen LogP contribution in [0.5, 0.6) is 0 Å². The summed E-state index contributed by atoms with van der Waals surface area (Å²) >= 11 is 1.73. The highest BCUT2D eigenvalue weighted by atomic mass is 32.1. The van der Waals surface area contributed by atoms with E-state index < -0.39 is 0 Å². The number of hydrogen-bond acceptors (Lipinski definition) is 4. The van der Waals surface area contributed by atoms with Crippen molar-refractivity contribution >= 4 is 17.2 Å². The second kappa shape index (κ2) is 7.30. The van der Waals surface area contributed by atoms with E-state index in [4.69, 9.17) is 4.98 Å². The van der Waals surface area contributed by atoms with E-state index in [1.165, 1.54) is 24.3 Å². The molecule has 1 saturated carbocycles. The van der Waals surface area contributed by atoms with Gasteiger partial charge in [-0.05, 0) is 43.6 Å². The van der Waals surface area contributed by atoms with Crippen molar-refractivity contribution in [3.8, 4) is 0 Å². The Balaban J connectivity index is 1.30. The third kappa shape index (κ3) is 4.12. The summed E-state index contributed by atoms with van der Waals surface area (Å²) in [6, 6.07) is 4.50. The molecule has 3 heterocycles. The molecule has 25 heavy (non-hydrogen) atoms. The summed E-state index contributed by atoms with van der Waals surface area (Å²) in [6.45, 7) is 6.21. The predicted molar refractivity (Wildman–Crippen MR) is 99.7 cm³/mol. The molecule has 5 nitrogen and oxygen atoms in total. The number of rotatable bonds is 7. The maximum absolute atomic E-state index is 12.2. The van der Waals surface area contributed by atoms with Gasteiger partial charge in [0, 0.05) is 37.3 Å². The highest BCUT2D eigenvalue weighted by Gasteiger charge is 2.31. The van der Waals surface area contributed by atoms with Crippen LogP contribution in [0, 0.1) is 5.92 Å². The van der Waals surface area contributed by atoms with E-state index in [0.717, 1.165) is 36.9 Å². The molecule has 0 spiro atoms. The van der Waals surface area contributed by atoms with E-state index in [2.05, 4.69) is 39.4 Å². The van der Waals surface area contributed by atoms with E-state index in [1.54, 1.807) is 11.3 Å². The van der Waals surface area contributed by atoms with Gasteiger partial charge in [0.2, 0.25) is 5.91 Å². The van der Waals surface area contributed by atoms with Crippen molar-refractivity contribution in [2.45, 2.75) is 45.2 Å². The van der Waals surface area contributed by atoms with Crippen molar-refractivity contribution in [2.75, 3.05) is 19.6 Å². The topological polar surface area (TPSA) is 50.2 Å². The van der Waals surface area contributed by atoms with E-state index in [1.807, 2.05) is 6.07 Å². The Bertz CT molecular complexity index is 720. The van der Waals surface area contributed by atoms with Gasteiger partial charge in [0.25, 0.3) is 0 Å². The van der Waals surface area contributed by atoms with Gasteiger partial charge >= 0.3 is 0 Å². The van der Waals surface area contributed by atoms with Crippen LogP contribution in [-0.2, 0) is 24.2 Å². The van der Waals surface area contributed by atoms with Crippen LogP contribution in [-0.4, -0.2) is 40.0 Å². The summed E-state index contributed by atoms with van der Waals surface area (Å²) in [4.78, 5) is 20.8. The quantitative estimate of drug-likeness (QED) is 0.828. The summed E-state index contributed by atoms with van der Waals surface area (Å²) < 4.78 is 2.24. The standard InChI is InChI=1S/C19H26N4OS/c1-14-19-21-16(11-18(24)20-7-6-17-3-2-10-25-17)13-23(19)9-8-22(14)12-15-4-5-15/h2-3,10,13-15H,4-9,11-12H2,1H3,(H,20,24)/t14-/m1/s1. The van der Waals surface area contributed by atoms with Gasteiger partial charge in [0.15, 0.2) is 0 Å². The highest BCUT2D eigenvalue weighted by molar-refractivity contribution is 7.09. The Morgan fingerprint density at radius 2 is 2.28 bits per heavy atom. The molecule has 134 valence electrons. The first-order valence-corrected chi connectivity index (χ1v) is 10.2. The molecule has 4 rings (SSSR count). The SMILES string of the molecule is C[C@@H]1c2nc(CC(=O)NCCc3cccs3)cn2CCN1CC1CC1. The fourth-order valence-corrected chi connectivity index (χ4v) is 4.27. The molecule has 1 aliphatic carbocycles. The molecule has 6 heteroatoms. The zero-order valence-electron chi connectivity index (χ0n) is 14.8. The average molecular weight is 359 g/mol. The Morgan fingerprint density at radius 3 is 3.04 bits per heavy atom.